The van der Waals surface area contributed by atoms with Gasteiger partial charge in [0.1, 0.15) is 23.5 Å². The van der Waals surface area contributed by atoms with Crippen LogP contribution in [0.15, 0.2) is 24.3 Å². The fourth-order valence-corrected chi connectivity index (χ4v) is 1.71. The van der Waals surface area contributed by atoms with E-state index in [-0.39, 0.29) is 12.2 Å². The lowest BCUT2D eigenvalue weighted by Gasteiger charge is -2.22. The van der Waals surface area contributed by atoms with Gasteiger partial charge in [0.05, 0.1) is 0 Å². The van der Waals surface area contributed by atoms with E-state index in [9.17, 15) is 14.7 Å². The molecule has 0 spiro atoms. The SMILES string of the molecule is CC(C)(C)OC(=O)N[C@@H](Cc1ccc(O)cc1)C(=O)OCC#N. The van der Waals surface area contributed by atoms with Crippen molar-refractivity contribution in [3.8, 4) is 11.8 Å². The highest BCUT2D eigenvalue weighted by atomic mass is 16.6. The van der Waals surface area contributed by atoms with Crippen molar-refractivity contribution in [2.45, 2.75) is 38.8 Å². The van der Waals surface area contributed by atoms with Crippen LogP contribution in [-0.2, 0) is 20.7 Å². The average molecular weight is 320 g/mol. The standard InChI is InChI=1S/C16H20N2O5/c1-16(2,3)23-15(21)18-13(14(20)22-9-8-17)10-11-4-6-12(19)7-5-11/h4-7,13,19H,9-10H2,1-3H3,(H,18,21)/t13-/m0/s1. The normalized spacial score (nSPS) is 11.9. The zero-order chi connectivity index (χ0) is 17.5. The van der Waals surface area contributed by atoms with Gasteiger partial charge >= 0.3 is 12.1 Å². The number of nitriles is 1. The van der Waals surface area contributed by atoms with E-state index in [1.165, 1.54) is 12.1 Å². The molecule has 0 fully saturated rings. The van der Waals surface area contributed by atoms with E-state index in [4.69, 9.17) is 14.7 Å². The van der Waals surface area contributed by atoms with Gasteiger partial charge in [0.15, 0.2) is 6.61 Å². The summed E-state index contributed by atoms with van der Waals surface area (Å²) in [7, 11) is 0. The molecule has 0 saturated carbocycles. The van der Waals surface area contributed by atoms with Crippen LogP contribution < -0.4 is 5.32 Å². The summed E-state index contributed by atoms with van der Waals surface area (Å²) >= 11 is 0. The van der Waals surface area contributed by atoms with Crippen molar-refractivity contribution in [2.24, 2.45) is 0 Å². The van der Waals surface area contributed by atoms with Crippen LogP contribution >= 0.6 is 0 Å². The molecule has 1 aromatic rings. The molecule has 1 rings (SSSR count). The van der Waals surface area contributed by atoms with E-state index >= 15 is 0 Å². The number of rotatable bonds is 5. The third kappa shape index (κ3) is 7.18. The van der Waals surface area contributed by atoms with Gasteiger partial charge in [-0.15, -0.1) is 0 Å². The Morgan fingerprint density at radius 2 is 1.91 bits per heavy atom. The minimum absolute atomic E-state index is 0.0949. The number of hydrogen-bond acceptors (Lipinski definition) is 6. The predicted octanol–water partition coefficient (Wildman–Crippen LogP) is 1.89. The number of hydrogen-bond donors (Lipinski definition) is 2. The molecule has 1 amide bonds. The first-order valence-corrected chi connectivity index (χ1v) is 7.02. The Labute approximate surface area is 134 Å². The van der Waals surface area contributed by atoms with Gasteiger partial charge in [-0.05, 0) is 38.5 Å². The smallest absolute Gasteiger partial charge is 0.408 e. The number of phenolic OH excluding ortho intramolecular Hbond substituents is 1. The molecule has 7 heteroatoms. The summed E-state index contributed by atoms with van der Waals surface area (Å²) in [6.07, 6.45) is -0.612. The molecule has 1 atom stereocenters. The summed E-state index contributed by atoms with van der Waals surface area (Å²) < 4.78 is 9.88. The topological polar surface area (TPSA) is 109 Å². The molecule has 0 aliphatic heterocycles. The number of carbonyl (C=O) groups is 2. The Hall–Kier alpha value is -2.75. The first-order chi connectivity index (χ1) is 10.7. The van der Waals surface area contributed by atoms with Gasteiger partial charge in [0.2, 0.25) is 0 Å². The predicted molar refractivity (Wildman–Crippen MR) is 81.5 cm³/mol. The number of ether oxygens (including phenoxy) is 2. The molecular formula is C16H20N2O5. The van der Waals surface area contributed by atoms with Crippen LogP contribution in [0, 0.1) is 11.3 Å². The fraction of sp³-hybridized carbons (Fsp3) is 0.438. The molecule has 0 heterocycles. The van der Waals surface area contributed by atoms with Crippen LogP contribution in [0.4, 0.5) is 4.79 Å². The third-order valence-electron chi connectivity index (χ3n) is 2.63. The maximum absolute atomic E-state index is 12.0. The van der Waals surface area contributed by atoms with Crippen molar-refractivity contribution in [3.05, 3.63) is 29.8 Å². The van der Waals surface area contributed by atoms with E-state index in [1.54, 1.807) is 39.0 Å². The van der Waals surface area contributed by atoms with Crippen molar-refractivity contribution in [2.75, 3.05) is 6.61 Å². The Morgan fingerprint density at radius 3 is 2.43 bits per heavy atom. The first-order valence-electron chi connectivity index (χ1n) is 7.02. The van der Waals surface area contributed by atoms with Gasteiger partial charge < -0.3 is 19.9 Å². The minimum atomic E-state index is -0.997. The molecule has 2 N–H and O–H groups in total. The van der Waals surface area contributed by atoms with E-state index in [0.717, 1.165) is 0 Å². The summed E-state index contributed by atoms with van der Waals surface area (Å²) in [6.45, 7) is 4.71. The van der Waals surface area contributed by atoms with Crippen molar-refractivity contribution in [1.82, 2.24) is 5.32 Å². The molecule has 0 aromatic heterocycles. The monoisotopic (exact) mass is 320 g/mol. The Balaban J connectivity index is 2.80. The lowest BCUT2D eigenvalue weighted by molar-refractivity contribution is -0.144. The van der Waals surface area contributed by atoms with Gasteiger partial charge in [0.25, 0.3) is 0 Å². The first kappa shape index (κ1) is 18.3. The van der Waals surface area contributed by atoms with Gasteiger partial charge in [-0.2, -0.15) is 5.26 Å². The van der Waals surface area contributed by atoms with E-state index in [2.05, 4.69) is 5.32 Å². The van der Waals surface area contributed by atoms with E-state index in [0.29, 0.717) is 5.56 Å². The zero-order valence-electron chi connectivity index (χ0n) is 13.3. The van der Waals surface area contributed by atoms with E-state index < -0.39 is 30.3 Å². The van der Waals surface area contributed by atoms with Crippen LogP contribution in [0.1, 0.15) is 26.3 Å². The van der Waals surface area contributed by atoms with Crippen molar-refractivity contribution < 1.29 is 24.2 Å². The molecule has 0 aliphatic carbocycles. The number of phenols is 1. The highest BCUT2D eigenvalue weighted by Crippen LogP contribution is 2.13. The Morgan fingerprint density at radius 1 is 1.30 bits per heavy atom. The van der Waals surface area contributed by atoms with Crippen LogP contribution in [0.5, 0.6) is 5.75 Å². The molecule has 0 saturated heterocycles. The average Bonchev–Trinajstić information content (AvgIpc) is 2.44. The van der Waals surface area contributed by atoms with Gasteiger partial charge in [0, 0.05) is 6.42 Å². The maximum atomic E-state index is 12.0. The third-order valence-corrected chi connectivity index (χ3v) is 2.63. The minimum Gasteiger partial charge on any atom is -0.508 e. The van der Waals surface area contributed by atoms with Crippen molar-refractivity contribution in [3.63, 3.8) is 0 Å². The number of amides is 1. The quantitative estimate of drug-likeness (QED) is 0.802. The number of nitrogens with one attached hydrogen (secondary N) is 1. The second kappa shape index (κ2) is 8.03. The second-order valence-electron chi connectivity index (χ2n) is 5.84. The highest BCUT2D eigenvalue weighted by molar-refractivity contribution is 5.81. The number of carbonyl (C=O) groups excluding carboxylic acids is 2. The summed E-state index contributed by atoms with van der Waals surface area (Å²) in [5.74, 6) is -0.636. The summed E-state index contributed by atoms with van der Waals surface area (Å²) in [5.41, 5.74) is 0.00163. The molecular weight excluding hydrogens is 300 g/mol. The van der Waals surface area contributed by atoms with Crippen LogP contribution in [0.2, 0.25) is 0 Å². The number of alkyl carbamates (subject to hydrolysis) is 1. The van der Waals surface area contributed by atoms with Crippen molar-refractivity contribution >= 4 is 12.1 Å². The Bertz CT molecular complexity index is 584. The summed E-state index contributed by atoms with van der Waals surface area (Å²) in [5, 5.41) is 20.2. The zero-order valence-corrected chi connectivity index (χ0v) is 13.3. The summed E-state index contributed by atoms with van der Waals surface area (Å²) in [4.78, 5) is 23.8. The Kier molecular flexibility index (Phi) is 6.39. The maximum Gasteiger partial charge on any atom is 0.408 e. The van der Waals surface area contributed by atoms with Gasteiger partial charge in [-0.3, -0.25) is 0 Å². The lowest BCUT2D eigenvalue weighted by Crippen LogP contribution is -2.45. The molecule has 0 aliphatic rings. The van der Waals surface area contributed by atoms with Crippen LogP contribution in [-0.4, -0.2) is 35.4 Å². The van der Waals surface area contributed by atoms with Crippen LogP contribution in [0.25, 0.3) is 0 Å². The number of esters is 1. The van der Waals surface area contributed by atoms with Crippen molar-refractivity contribution in [1.29, 1.82) is 5.26 Å². The molecule has 1 aromatic carbocycles. The number of benzene rings is 1. The molecule has 23 heavy (non-hydrogen) atoms. The number of nitrogens with zero attached hydrogens (tertiary/aromatic N) is 1. The highest BCUT2D eigenvalue weighted by Gasteiger charge is 2.25. The molecule has 0 bridgehead atoms. The van der Waals surface area contributed by atoms with Gasteiger partial charge in [-0.1, -0.05) is 12.1 Å². The summed E-state index contributed by atoms with van der Waals surface area (Å²) in [6, 6.07) is 6.89. The largest absolute Gasteiger partial charge is 0.508 e. The molecule has 7 nitrogen and oxygen atoms in total. The number of aromatic hydroxyl groups is 1. The van der Waals surface area contributed by atoms with Gasteiger partial charge in [-0.25, -0.2) is 9.59 Å². The lowest BCUT2D eigenvalue weighted by atomic mass is 10.1. The fourth-order valence-electron chi connectivity index (χ4n) is 1.71. The van der Waals surface area contributed by atoms with Crippen LogP contribution in [0.3, 0.4) is 0 Å². The molecule has 0 unspecified atom stereocenters. The van der Waals surface area contributed by atoms with E-state index in [1.807, 2.05) is 0 Å². The molecule has 0 radical (unpaired) electrons. The second-order valence-corrected chi connectivity index (χ2v) is 5.84. The molecule has 124 valence electrons.